The van der Waals surface area contributed by atoms with Crippen LogP contribution in [0.4, 0.5) is 0 Å². The Morgan fingerprint density at radius 1 is 1.17 bits per heavy atom. The molecule has 1 saturated heterocycles. The van der Waals surface area contributed by atoms with E-state index in [0.29, 0.717) is 12.2 Å². The van der Waals surface area contributed by atoms with E-state index in [1.165, 1.54) is 4.90 Å². The smallest absolute Gasteiger partial charge is 0.235 e. The fourth-order valence-corrected chi connectivity index (χ4v) is 3.75. The lowest BCUT2D eigenvalue weighted by molar-refractivity contribution is -0.144. The highest BCUT2D eigenvalue weighted by Crippen LogP contribution is 2.45. The standard InChI is InChI=1S/C19H25NO4/c1-14-5-7-16(8-6-14)24-13-15(21)12-20-17(22)11-19(18(20)23)9-3-2-4-10-19/h5-8,15,21H,2-4,9-13H2,1H3. The molecule has 130 valence electrons. The third-order valence-electron chi connectivity index (χ3n) is 5.16. The van der Waals surface area contributed by atoms with Crippen LogP contribution in [0.5, 0.6) is 5.75 Å². The average molecular weight is 331 g/mol. The van der Waals surface area contributed by atoms with Crippen LogP contribution >= 0.6 is 0 Å². The maximum absolute atomic E-state index is 12.7. The van der Waals surface area contributed by atoms with Crippen LogP contribution in [0.25, 0.3) is 0 Å². The molecule has 1 N–H and O–H groups in total. The van der Waals surface area contributed by atoms with Crippen molar-refractivity contribution in [2.24, 2.45) is 5.41 Å². The number of imide groups is 1. The van der Waals surface area contributed by atoms with Crippen LogP contribution in [0, 0.1) is 12.3 Å². The molecule has 1 aromatic carbocycles. The number of likely N-dealkylation sites (tertiary alicyclic amines) is 1. The van der Waals surface area contributed by atoms with Crippen molar-refractivity contribution in [3.8, 4) is 5.75 Å². The molecule has 1 atom stereocenters. The Hall–Kier alpha value is -1.88. The average Bonchev–Trinajstić information content (AvgIpc) is 2.79. The molecule has 1 aliphatic heterocycles. The number of ether oxygens (including phenoxy) is 1. The SMILES string of the molecule is Cc1ccc(OCC(O)CN2C(=O)CC3(CCCCC3)C2=O)cc1. The molecule has 2 amide bonds. The first-order valence-corrected chi connectivity index (χ1v) is 8.72. The summed E-state index contributed by atoms with van der Waals surface area (Å²) in [7, 11) is 0. The van der Waals surface area contributed by atoms with E-state index in [4.69, 9.17) is 4.74 Å². The number of β-amino-alcohol motifs (C(OH)–C–C–N with tert-alkyl or cyclic N) is 1. The first-order chi connectivity index (χ1) is 11.5. The van der Waals surface area contributed by atoms with Gasteiger partial charge in [-0.3, -0.25) is 14.5 Å². The van der Waals surface area contributed by atoms with Crippen LogP contribution in [0.1, 0.15) is 44.1 Å². The van der Waals surface area contributed by atoms with E-state index in [-0.39, 0.29) is 25.0 Å². The number of benzene rings is 1. The topological polar surface area (TPSA) is 66.8 Å². The van der Waals surface area contributed by atoms with Crippen LogP contribution in [0.3, 0.4) is 0 Å². The van der Waals surface area contributed by atoms with Crippen molar-refractivity contribution >= 4 is 11.8 Å². The zero-order valence-corrected chi connectivity index (χ0v) is 14.2. The molecule has 1 aliphatic carbocycles. The zero-order valence-electron chi connectivity index (χ0n) is 14.2. The highest BCUT2D eigenvalue weighted by atomic mass is 16.5. The van der Waals surface area contributed by atoms with Crippen molar-refractivity contribution in [1.29, 1.82) is 0 Å². The normalized spacial score (nSPS) is 21.3. The first kappa shape index (κ1) is 17.0. The van der Waals surface area contributed by atoms with E-state index < -0.39 is 11.5 Å². The minimum absolute atomic E-state index is 0.0191. The molecule has 5 heteroatoms. The Labute approximate surface area is 142 Å². The molecule has 1 aromatic rings. The number of nitrogens with zero attached hydrogens (tertiary/aromatic N) is 1. The van der Waals surface area contributed by atoms with Gasteiger partial charge in [-0.05, 0) is 31.9 Å². The number of aliphatic hydroxyl groups excluding tert-OH is 1. The summed E-state index contributed by atoms with van der Waals surface area (Å²) in [4.78, 5) is 26.2. The number of aryl methyl sites for hydroxylation is 1. The van der Waals surface area contributed by atoms with Crippen LogP contribution < -0.4 is 4.74 Å². The predicted octanol–water partition coefficient (Wildman–Crippen LogP) is 2.44. The van der Waals surface area contributed by atoms with Crippen LogP contribution in [-0.4, -0.2) is 41.1 Å². The second kappa shape index (κ2) is 6.93. The molecule has 0 bridgehead atoms. The Bertz CT molecular complexity index is 604. The molecule has 0 radical (unpaired) electrons. The van der Waals surface area contributed by atoms with Crippen molar-refractivity contribution in [2.75, 3.05) is 13.2 Å². The lowest BCUT2D eigenvalue weighted by Crippen LogP contribution is -2.42. The first-order valence-electron chi connectivity index (χ1n) is 8.72. The fraction of sp³-hybridized carbons (Fsp3) is 0.579. The van der Waals surface area contributed by atoms with E-state index in [0.717, 1.165) is 37.7 Å². The van der Waals surface area contributed by atoms with Gasteiger partial charge in [0, 0.05) is 6.42 Å². The number of rotatable bonds is 5. The number of aliphatic hydroxyl groups is 1. The summed E-state index contributed by atoms with van der Waals surface area (Å²) in [5, 5.41) is 10.2. The number of carbonyl (C=O) groups excluding carboxylic acids is 2. The summed E-state index contributed by atoms with van der Waals surface area (Å²) >= 11 is 0. The third kappa shape index (κ3) is 3.46. The summed E-state index contributed by atoms with van der Waals surface area (Å²) in [5.74, 6) is 0.417. The highest BCUT2D eigenvalue weighted by molar-refractivity contribution is 6.05. The van der Waals surface area contributed by atoms with Gasteiger partial charge in [-0.1, -0.05) is 37.0 Å². The Kier molecular flexibility index (Phi) is 4.90. The van der Waals surface area contributed by atoms with Gasteiger partial charge in [0.05, 0.1) is 12.0 Å². The quantitative estimate of drug-likeness (QED) is 0.842. The van der Waals surface area contributed by atoms with Gasteiger partial charge < -0.3 is 9.84 Å². The van der Waals surface area contributed by atoms with Gasteiger partial charge in [0.2, 0.25) is 11.8 Å². The monoisotopic (exact) mass is 331 g/mol. The summed E-state index contributed by atoms with van der Waals surface area (Å²) in [6.45, 7) is 2.07. The zero-order chi connectivity index (χ0) is 17.2. The molecule has 1 spiro atoms. The van der Waals surface area contributed by atoms with E-state index in [9.17, 15) is 14.7 Å². The number of hydrogen-bond acceptors (Lipinski definition) is 4. The molecule has 1 unspecified atom stereocenters. The maximum Gasteiger partial charge on any atom is 0.235 e. The lowest BCUT2D eigenvalue weighted by atomic mass is 9.73. The van der Waals surface area contributed by atoms with Gasteiger partial charge in [-0.2, -0.15) is 0 Å². The molecule has 0 aromatic heterocycles. The number of amides is 2. The molecule has 2 aliphatic rings. The van der Waals surface area contributed by atoms with Gasteiger partial charge in [-0.25, -0.2) is 0 Å². The Balaban J connectivity index is 1.55. The largest absolute Gasteiger partial charge is 0.491 e. The van der Waals surface area contributed by atoms with Crippen molar-refractivity contribution < 1.29 is 19.4 Å². The summed E-state index contributed by atoms with van der Waals surface area (Å²) in [6, 6.07) is 7.54. The molecule has 24 heavy (non-hydrogen) atoms. The Morgan fingerprint density at radius 3 is 2.50 bits per heavy atom. The Morgan fingerprint density at radius 2 is 1.83 bits per heavy atom. The predicted molar refractivity (Wildman–Crippen MR) is 89.5 cm³/mol. The van der Waals surface area contributed by atoms with Gasteiger partial charge >= 0.3 is 0 Å². The molecular formula is C19H25NO4. The van der Waals surface area contributed by atoms with Crippen molar-refractivity contribution in [2.45, 2.75) is 51.6 Å². The molecule has 1 saturated carbocycles. The van der Waals surface area contributed by atoms with Gasteiger partial charge in [0.1, 0.15) is 18.5 Å². The van der Waals surface area contributed by atoms with Crippen molar-refractivity contribution in [3.63, 3.8) is 0 Å². The minimum Gasteiger partial charge on any atom is -0.491 e. The molecule has 1 heterocycles. The van der Waals surface area contributed by atoms with E-state index in [2.05, 4.69) is 0 Å². The van der Waals surface area contributed by atoms with E-state index in [1.54, 1.807) is 0 Å². The highest BCUT2D eigenvalue weighted by Gasteiger charge is 2.51. The fourth-order valence-electron chi connectivity index (χ4n) is 3.75. The van der Waals surface area contributed by atoms with Crippen LogP contribution in [0.2, 0.25) is 0 Å². The van der Waals surface area contributed by atoms with Gasteiger partial charge in [0.25, 0.3) is 0 Å². The van der Waals surface area contributed by atoms with Crippen LogP contribution in [-0.2, 0) is 9.59 Å². The van der Waals surface area contributed by atoms with E-state index >= 15 is 0 Å². The van der Waals surface area contributed by atoms with Crippen molar-refractivity contribution in [3.05, 3.63) is 29.8 Å². The van der Waals surface area contributed by atoms with Crippen LogP contribution in [0.15, 0.2) is 24.3 Å². The second-order valence-electron chi connectivity index (χ2n) is 7.11. The summed E-state index contributed by atoms with van der Waals surface area (Å²) in [6.07, 6.45) is 4.16. The molecule has 2 fully saturated rings. The minimum atomic E-state index is -0.877. The molecule has 3 rings (SSSR count). The summed E-state index contributed by atoms with van der Waals surface area (Å²) < 4.78 is 5.54. The summed E-state index contributed by atoms with van der Waals surface area (Å²) in [5.41, 5.74) is 0.640. The van der Waals surface area contributed by atoms with Gasteiger partial charge in [-0.15, -0.1) is 0 Å². The third-order valence-corrected chi connectivity index (χ3v) is 5.16. The van der Waals surface area contributed by atoms with Crippen molar-refractivity contribution in [1.82, 2.24) is 4.90 Å². The van der Waals surface area contributed by atoms with E-state index in [1.807, 2.05) is 31.2 Å². The lowest BCUT2D eigenvalue weighted by Gasteiger charge is -2.30. The molecular weight excluding hydrogens is 306 g/mol. The number of carbonyl (C=O) groups is 2. The second-order valence-corrected chi connectivity index (χ2v) is 7.11. The number of hydrogen-bond donors (Lipinski definition) is 1. The maximum atomic E-state index is 12.7. The van der Waals surface area contributed by atoms with Gasteiger partial charge in [0.15, 0.2) is 0 Å². The molecule has 5 nitrogen and oxygen atoms in total.